The van der Waals surface area contributed by atoms with Gasteiger partial charge in [0, 0.05) is 18.2 Å². The van der Waals surface area contributed by atoms with Crippen LogP contribution in [0.25, 0.3) is 0 Å². The number of ether oxygens (including phenoxy) is 1. The van der Waals surface area contributed by atoms with Crippen LogP contribution in [-0.2, 0) is 4.74 Å². The summed E-state index contributed by atoms with van der Waals surface area (Å²) in [7, 11) is 1.72. The molecule has 2 atom stereocenters. The van der Waals surface area contributed by atoms with Crippen LogP contribution >= 0.6 is 11.6 Å². The number of rotatable bonds is 6. The van der Waals surface area contributed by atoms with Crippen LogP contribution < -0.4 is 5.32 Å². The maximum absolute atomic E-state index is 6.05. The van der Waals surface area contributed by atoms with E-state index in [9.17, 15) is 0 Å². The maximum atomic E-state index is 6.05. The van der Waals surface area contributed by atoms with E-state index in [2.05, 4.69) is 30.4 Å². The first-order chi connectivity index (χ1) is 9.70. The summed E-state index contributed by atoms with van der Waals surface area (Å²) in [4.78, 5) is 0. The summed E-state index contributed by atoms with van der Waals surface area (Å²) >= 11 is 6.05. The molecule has 2 aromatic rings. The van der Waals surface area contributed by atoms with Crippen molar-refractivity contribution in [2.45, 2.75) is 19.0 Å². The predicted octanol–water partition coefficient (Wildman–Crippen LogP) is 4.38. The molecule has 0 saturated carbocycles. The molecule has 0 radical (unpaired) electrons. The van der Waals surface area contributed by atoms with Crippen LogP contribution in [0, 0.1) is 0 Å². The van der Waals surface area contributed by atoms with E-state index >= 15 is 0 Å². The van der Waals surface area contributed by atoms with Crippen LogP contribution in [0.2, 0.25) is 5.02 Å². The number of benzene rings is 2. The Balaban J connectivity index is 2.12. The van der Waals surface area contributed by atoms with Gasteiger partial charge in [0.25, 0.3) is 0 Å². The fourth-order valence-corrected chi connectivity index (χ4v) is 2.47. The van der Waals surface area contributed by atoms with Crippen molar-refractivity contribution >= 4 is 11.6 Å². The molecule has 0 saturated heterocycles. The first kappa shape index (κ1) is 15.0. The molecule has 0 spiro atoms. The first-order valence-electron chi connectivity index (χ1n) is 6.76. The van der Waals surface area contributed by atoms with Crippen molar-refractivity contribution in [2.24, 2.45) is 0 Å². The number of methoxy groups -OCH3 is 1. The van der Waals surface area contributed by atoms with Crippen LogP contribution in [0.15, 0.2) is 54.6 Å². The molecule has 2 rings (SSSR count). The van der Waals surface area contributed by atoms with E-state index < -0.39 is 0 Å². The van der Waals surface area contributed by atoms with Gasteiger partial charge in [-0.15, -0.1) is 0 Å². The molecular weight excluding hydrogens is 270 g/mol. The fourth-order valence-electron chi connectivity index (χ4n) is 2.27. The Bertz CT molecular complexity index is 530. The van der Waals surface area contributed by atoms with E-state index in [-0.39, 0.29) is 12.1 Å². The van der Waals surface area contributed by atoms with Gasteiger partial charge in [0.2, 0.25) is 0 Å². The Hall–Kier alpha value is -1.35. The van der Waals surface area contributed by atoms with Crippen molar-refractivity contribution in [3.8, 4) is 0 Å². The predicted molar refractivity (Wildman–Crippen MR) is 84.1 cm³/mol. The van der Waals surface area contributed by atoms with E-state index in [0.29, 0.717) is 6.61 Å². The number of hydrogen-bond donors (Lipinski definition) is 1. The molecule has 3 heteroatoms. The van der Waals surface area contributed by atoms with E-state index in [1.54, 1.807) is 7.11 Å². The van der Waals surface area contributed by atoms with Gasteiger partial charge < -0.3 is 10.1 Å². The normalized spacial score (nSPS) is 13.9. The minimum atomic E-state index is 0.162. The molecule has 20 heavy (non-hydrogen) atoms. The molecule has 2 nitrogen and oxygen atoms in total. The lowest BCUT2D eigenvalue weighted by Crippen LogP contribution is -2.28. The second-order valence-corrected chi connectivity index (χ2v) is 5.30. The highest BCUT2D eigenvalue weighted by atomic mass is 35.5. The summed E-state index contributed by atoms with van der Waals surface area (Å²) in [6.45, 7) is 2.77. The number of nitrogens with one attached hydrogen (secondary N) is 1. The Kier molecular flexibility index (Phi) is 5.60. The molecular formula is C17H20ClNO. The zero-order valence-corrected chi connectivity index (χ0v) is 12.6. The highest BCUT2D eigenvalue weighted by Gasteiger charge is 2.15. The van der Waals surface area contributed by atoms with Crippen LogP contribution in [0.3, 0.4) is 0 Å². The quantitative estimate of drug-likeness (QED) is 0.852. The summed E-state index contributed by atoms with van der Waals surface area (Å²) in [5.74, 6) is 0. The van der Waals surface area contributed by atoms with Crippen LogP contribution in [0.5, 0.6) is 0 Å². The summed E-state index contributed by atoms with van der Waals surface area (Å²) in [6.07, 6.45) is 0. The second-order valence-electron chi connectivity index (χ2n) is 4.86. The zero-order chi connectivity index (χ0) is 14.4. The van der Waals surface area contributed by atoms with Gasteiger partial charge in [-0.3, -0.25) is 0 Å². The molecule has 2 aromatic carbocycles. The third-order valence-electron chi connectivity index (χ3n) is 3.34. The molecule has 0 aliphatic heterocycles. The van der Waals surface area contributed by atoms with Crippen molar-refractivity contribution in [1.82, 2.24) is 5.32 Å². The van der Waals surface area contributed by atoms with Crippen molar-refractivity contribution in [3.05, 3.63) is 70.7 Å². The maximum Gasteiger partial charge on any atom is 0.0657 e. The lowest BCUT2D eigenvalue weighted by atomic mass is 10.0. The summed E-state index contributed by atoms with van der Waals surface area (Å²) in [5, 5.41) is 4.36. The lowest BCUT2D eigenvalue weighted by Gasteiger charge is -2.23. The van der Waals surface area contributed by atoms with Gasteiger partial charge in [0.1, 0.15) is 0 Å². The van der Waals surface area contributed by atoms with Crippen molar-refractivity contribution in [3.63, 3.8) is 0 Å². The van der Waals surface area contributed by atoms with Gasteiger partial charge in [-0.05, 0) is 30.2 Å². The molecule has 0 aromatic heterocycles. The monoisotopic (exact) mass is 289 g/mol. The van der Waals surface area contributed by atoms with Crippen molar-refractivity contribution in [2.75, 3.05) is 13.7 Å². The molecule has 0 bridgehead atoms. The summed E-state index contributed by atoms with van der Waals surface area (Å²) < 4.78 is 5.33. The Morgan fingerprint density at radius 3 is 2.40 bits per heavy atom. The lowest BCUT2D eigenvalue weighted by molar-refractivity contribution is 0.162. The molecule has 0 amide bonds. The molecule has 106 valence electrons. The van der Waals surface area contributed by atoms with Gasteiger partial charge in [0.05, 0.1) is 12.6 Å². The van der Waals surface area contributed by atoms with Crippen molar-refractivity contribution in [1.29, 1.82) is 0 Å². The molecule has 0 fully saturated rings. The van der Waals surface area contributed by atoms with Crippen LogP contribution in [-0.4, -0.2) is 13.7 Å². The van der Waals surface area contributed by atoms with Gasteiger partial charge in [-0.2, -0.15) is 0 Å². The third-order valence-corrected chi connectivity index (χ3v) is 3.57. The van der Waals surface area contributed by atoms with E-state index in [4.69, 9.17) is 16.3 Å². The standard InChI is InChI=1S/C17H20ClNO/c1-13(15-9-6-10-16(18)11-15)19-17(12-20-2)14-7-4-3-5-8-14/h3-11,13,17,19H,12H2,1-2H3/t13-,17?/m0/s1. The fraction of sp³-hybridized carbons (Fsp3) is 0.294. The molecule has 0 heterocycles. The second kappa shape index (κ2) is 7.44. The highest BCUT2D eigenvalue weighted by molar-refractivity contribution is 6.30. The van der Waals surface area contributed by atoms with Gasteiger partial charge in [0.15, 0.2) is 0 Å². The minimum Gasteiger partial charge on any atom is -0.383 e. The molecule has 0 aliphatic rings. The van der Waals surface area contributed by atoms with Gasteiger partial charge >= 0.3 is 0 Å². The Morgan fingerprint density at radius 2 is 1.75 bits per heavy atom. The Labute approximate surface area is 125 Å². The summed E-state index contributed by atoms with van der Waals surface area (Å²) in [5.41, 5.74) is 2.40. The highest BCUT2D eigenvalue weighted by Crippen LogP contribution is 2.22. The minimum absolute atomic E-state index is 0.162. The molecule has 0 aliphatic carbocycles. The number of halogens is 1. The van der Waals surface area contributed by atoms with Gasteiger partial charge in [-0.1, -0.05) is 54.1 Å². The van der Waals surface area contributed by atoms with E-state index in [1.165, 1.54) is 11.1 Å². The number of hydrogen-bond acceptors (Lipinski definition) is 2. The van der Waals surface area contributed by atoms with E-state index in [0.717, 1.165) is 5.02 Å². The first-order valence-corrected chi connectivity index (χ1v) is 7.14. The average molecular weight is 290 g/mol. The average Bonchev–Trinajstić information content (AvgIpc) is 2.47. The SMILES string of the molecule is COCC(N[C@@H](C)c1cccc(Cl)c1)c1ccccc1. The third kappa shape index (κ3) is 4.07. The van der Waals surface area contributed by atoms with Crippen LogP contribution in [0.4, 0.5) is 0 Å². The Morgan fingerprint density at radius 1 is 1.05 bits per heavy atom. The van der Waals surface area contributed by atoms with Gasteiger partial charge in [-0.25, -0.2) is 0 Å². The van der Waals surface area contributed by atoms with E-state index in [1.807, 2.05) is 36.4 Å². The van der Waals surface area contributed by atoms with Crippen LogP contribution in [0.1, 0.15) is 30.1 Å². The molecule has 1 N–H and O–H groups in total. The largest absolute Gasteiger partial charge is 0.383 e. The van der Waals surface area contributed by atoms with Crippen molar-refractivity contribution < 1.29 is 4.74 Å². The topological polar surface area (TPSA) is 21.3 Å². The smallest absolute Gasteiger partial charge is 0.0657 e. The zero-order valence-electron chi connectivity index (χ0n) is 11.8. The molecule has 1 unspecified atom stereocenters. The summed E-state index contributed by atoms with van der Waals surface area (Å²) in [6, 6.07) is 18.6.